The Balaban J connectivity index is 2.26. The minimum atomic E-state index is -0.0646. The summed E-state index contributed by atoms with van der Waals surface area (Å²) in [5.74, 6) is 0.384. The minimum absolute atomic E-state index is 0.0646. The van der Waals surface area contributed by atoms with Crippen LogP contribution < -0.4 is 4.90 Å². The summed E-state index contributed by atoms with van der Waals surface area (Å²) in [6.45, 7) is 6.19. The maximum Gasteiger partial charge on any atom is 0.277 e. The monoisotopic (exact) mass is 274 g/mol. The predicted octanol–water partition coefficient (Wildman–Crippen LogP) is 3.85. The lowest BCUT2D eigenvalue weighted by Crippen LogP contribution is -2.26. The van der Waals surface area contributed by atoms with Crippen molar-refractivity contribution in [3.05, 3.63) is 45.9 Å². The first-order chi connectivity index (χ1) is 8.99. The molecule has 1 amide bonds. The minimum Gasteiger partial charge on any atom is -0.310 e. The number of carbonyl (C=O) groups is 1. The molecule has 1 aromatic heterocycles. The van der Waals surface area contributed by atoms with Gasteiger partial charge in [0.2, 0.25) is 0 Å². The molecular weight excluding hydrogens is 256 g/mol. The Morgan fingerprint density at radius 1 is 1.37 bits per heavy atom. The summed E-state index contributed by atoms with van der Waals surface area (Å²) in [6.07, 6.45) is 0. The standard InChI is InChI=1S/C15H18N2OS/c1-10(2)12-6-5-7-13(8-12)17(4)15(18)14-9-19-11(3)16-14/h5-10H,1-4H3. The van der Waals surface area contributed by atoms with Gasteiger partial charge in [-0.2, -0.15) is 0 Å². The van der Waals surface area contributed by atoms with Gasteiger partial charge < -0.3 is 4.90 Å². The van der Waals surface area contributed by atoms with Crippen LogP contribution in [-0.4, -0.2) is 17.9 Å². The number of thiazole rings is 1. The van der Waals surface area contributed by atoms with Gasteiger partial charge in [0.25, 0.3) is 5.91 Å². The zero-order chi connectivity index (χ0) is 14.0. The Labute approximate surface area is 117 Å². The summed E-state index contributed by atoms with van der Waals surface area (Å²) in [4.78, 5) is 18.2. The molecular formula is C15H18N2OS. The Kier molecular flexibility index (Phi) is 4.00. The van der Waals surface area contributed by atoms with E-state index in [1.807, 2.05) is 19.1 Å². The number of hydrogen-bond donors (Lipinski definition) is 0. The molecule has 0 saturated heterocycles. The Hall–Kier alpha value is -1.68. The second-order valence-corrected chi connectivity index (χ2v) is 5.93. The zero-order valence-electron chi connectivity index (χ0n) is 11.7. The van der Waals surface area contributed by atoms with E-state index in [0.29, 0.717) is 11.6 Å². The van der Waals surface area contributed by atoms with Crippen molar-refractivity contribution < 1.29 is 4.79 Å². The molecule has 0 atom stereocenters. The van der Waals surface area contributed by atoms with Gasteiger partial charge in [0.05, 0.1) is 5.01 Å². The third-order valence-electron chi connectivity index (χ3n) is 3.07. The Morgan fingerprint density at radius 3 is 2.68 bits per heavy atom. The summed E-state index contributed by atoms with van der Waals surface area (Å²) in [5, 5.41) is 2.72. The van der Waals surface area contributed by atoms with E-state index >= 15 is 0 Å². The molecule has 0 spiro atoms. The van der Waals surface area contributed by atoms with Crippen molar-refractivity contribution in [1.29, 1.82) is 0 Å². The molecule has 1 aromatic carbocycles. The molecule has 3 nitrogen and oxygen atoms in total. The van der Waals surface area contributed by atoms with Gasteiger partial charge in [-0.3, -0.25) is 4.79 Å². The highest BCUT2D eigenvalue weighted by molar-refractivity contribution is 7.09. The zero-order valence-corrected chi connectivity index (χ0v) is 12.5. The first-order valence-corrected chi connectivity index (χ1v) is 7.17. The van der Waals surface area contributed by atoms with E-state index < -0.39 is 0 Å². The van der Waals surface area contributed by atoms with Crippen LogP contribution in [-0.2, 0) is 0 Å². The number of rotatable bonds is 3. The normalized spacial score (nSPS) is 10.8. The van der Waals surface area contributed by atoms with Gasteiger partial charge in [-0.25, -0.2) is 4.98 Å². The van der Waals surface area contributed by atoms with Crippen molar-refractivity contribution in [3.8, 4) is 0 Å². The van der Waals surface area contributed by atoms with Crippen LogP contribution in [0.2, 0.25) is 0 Å². The molecule has 0 fully saturated rings. The van der Waals surface area contributed by atoms with Crippen molar-refractivity contribution in [2.24, 2.45) is 0 Å². The van der Waals surface area contributed by atoms with Crippen LogP contribution in [0, 0.1) is 6.92 Å². The molecule has 0 N–H and O–H groups in total. The van der Waals surface area contributed by atoms with Crippen LogP contribution in [0.15, 0.2) is 29.6 Å². The van der Waals surface area contributed by atoms with Gasteiger partial charge >= 0.3 is 0 Å². The number of amides is 1. The summed E-state index contributed by atoms with van der Waals surface area (Å²) < 4.78 is 0. The quantitative estimate of drug-likeness (QED) is 0.851. The fraction of sp³-hybridized carbons (Fsp3) is 0.333. The van der Waals surface area contributed by atoms with Crippen molar-refractivity contribution >= 4 is 22.9 Å². The second-order valence-electron chi connectivity index (χ2n) is 4.87. The lowest BCUT2D eigenvalue weighted by Gasteiger charge is -2.18. The van der Waals surface area contributed by atoms with Crippen LogP contribution in [0.4, 0.5) is 5.69 Å². The fourth-order valence-electron chi connectivity index (χ4n) is 1.84. The smallest absolute Gasteiger partial charge is 0.277 e. The number of nitrogens with zero attached hydrogens (tertiary/aromatic N) is 2. The van der Waals surface area contributed by atoms with E-state index in [1.54, 1.807) is 17.3 Å². The van der Waals surface area contributed by atoms with Crippen LogP contribution in [0.5, 0.6) is 0 Å². The number of anilines is 1. The van der Waals surface area contributed by atoms with E-state index in [0.717, 1.165) is 10.7 Å². The summed E-state index contributed by atoms with van der Waals surface area (Å²) in [5.41, 5.74) is 2.65. The molecule has 0 radical (unpaired) electrons. The third kappa shape index (κ3) is 3.01. The molecule has 2 rings (SSSR count). The Morgan fingerprint density at radius 2 is 2.11 bits per heavy atom. The molecule has 19 heavy (non-hydrogen) atoms. The highest BCUT2D eigenvalue weighted by Crippen LogP contribution is 2.22. The van der Waals surface area contributed by atoms with Gasteiger partial charge in [-0.05, 0) is 30.5 Å². The highest BCUT2D eigenvalue weighted by Gasteiger charge is 2.16. The second kappa shape index (κ2) is 5.53. The highest BCUT2D eigenvalue weighted by atomic mass is 32.1. The lowest BCUT2D eigenvalue weighted by atomic mass is 10.0. The van der Waals surface area contributed by atoms with Gasteiger partial charge in [0.1, 0.15) is 5.69 Å². The van der Waals surface area contributed by atoms with Crippen molar-refractivity contribution in [2.75, 3.05) is 11.9 Å². The predicted molar refractivity (Wildman–Crippen MR) is 80.1 cm³/mol. The number of benzene rings is 1. The van der Waals surface area contributed by atoms with E-state index in [2.05, 4.69) is 31.0 Å². The first kappa shape index (κ1) is 13.7. The SMILES string of the molecule is Cc1nc(C(=O)N(C)c2cccc(C(C)C)c2)cs1. The number of hydrogen-bond acceptors (Lipinski definition) is 3. The maximum atomic E-state index is 12.3. The molecule has 0 aliphatic rings. The van der Waals surface area contributed by atoms with Crippen molar-refractivity contribution in [1.82, 2.24) is 4.98 Å². The van der Waals surface area contributed by atoms with Gasteiger partial charge in [-0.1, -0.05) is 26.0 Å². The van der Waals surface area contributed by atoms with Gasteiger partial charge in [0.15, 0.2) is 0 Å². The topological polar surface area (TPSA) is 33.2 Å². The van der Waals surface area contributed by atoms with Gasteiger partial charge in [-0.15, -0.1) is 11.3 Å². The average molecular weight is 274 g/mol. The maximum absolute atomic E-state index is 12.3. The molecule has 1 heterocycles. The summed E-state index contributed by atoms with van der Waals surface area (Å²) >= 11 is 1.49. The first-order valence-electron chi connectivity index (χ1n) is 6.29. The van der Waals surface area contributed by atoms with Crippen molar-refractivity contribution in [2.45, 2.75) is 26.7 Å². The molecule has 0 bridgehead atoms. The molecule has 100 valence electrons. The van der Waals surface area contributed by atoms with E-state index in [9.17, 15) is 4.79 Å². The van der Waals surface area contributed by atoms with E-state index in [1.165, 1.54) is 16.9 Å². The van der Waals surface area contributed by atoms with E-state index in [-0.39, 0.29) is 5.91 Å². The van der Waals surface area contributed by atoms with E-state index in [4.69, 9.17) is 0 Å². The fourth-order valence-corrected chi connectivity index (χ4v) is 2.43. The Bertz CT molecular complexity index is 589. The molecule has 0 aliphatic heterocycles. The third-order valence-corrected chi connectivity index (χ3v) is 3.84. The van der Waals surface area contributed by atoms with Crippen LogP contribution in [0.3, 0.4) is 0 Å². The van der Waals surface area contributed by atoms with Crippen molar-refractivity contribution in [3.63, 3.8) is 0 Å². The number of carbonyl (C=O) groups excluding carboxylic acids is 1. The van der Waals surface area contributed by atoms with Gasteiger partial charge in [0, 0.05) is 18.1 Å². The summed E-state index contributed by atoms with van der Waals surface area (Å²) in [7, 11) is 1.79. The molecule has 0 saturated carbocycles. The molecule has 0 aliphatic carbocycles. The largest absolute Gasteiger partial charge is 0.310 e. The molecule has 0 unspecified atom stereocenters. The lowest BCUT2D eigenvalue weighted by molar-refractivity contribution is 0.0989. The molecule has 2 aromatic rings. The molecule has 4 heteroatoms. The van der Waals surface area contributed by atoms with Crippen LogP contribution >= 0.6 is 11.3 Å². The number of aromatic nitrogens is 1. The van der Waals surface area contributed by atoms with Crippen LogP contribution in [0.1, 0.15) is 40.8 Å². The average Bonchev–Trinajstić information content (AvgIpc) is 2.84. The number of aryl methyl sites for hydroxylation is 1. The summed E-state index contributed by atoms with van der Waals surface area (Å²) in [6, 6.07) is 8.07. The van der Waals surface area contributed by atoms with Crippen LogP contribution in [0.25, 0.3) is 0 Å².